The number of nitrogens with zero attached hydrogens (tertiary/aromatic N) is 3. The number of nitrogens with one attached hydrogen (secondary N) is 3. The molecule has 2 aromatic heterocycles. The molecule has 0 aliphatic carbocycles. The maximum Gasteiger partial charge on any atom is 0.413 e. The van der Waals surface area contributed by atoms with Gasteiger partial charge in [0.2, 0.25) is 5.88 Å². The largest absolute Gasteiger partial charge is 0.493 e. The lowest BCUT2D eigenvalue weighted by Crippen LogP contribution is -2.26. The first-order chi connectivity index (χ1) is 18.6. The van der Waals surface area contributed by atoms with Gasteiger partial charge in [0.05, 0.1) is 18.0 Å². The molecule has 10 heteroatoms. The number of hydrogen-bond acceptors (Lipinski definition) is 6. The van der Waals surface area contributed by atoms with E-state index in [0.717, 1.165) is 22.0 Å². The second-order valence-electron chi connectivity index (χ2n) is 10.0. The number of pyridine rings is 1. The number of rotatable bonds is 8. The van der Waals surface area contributed by atoms with E-state index in [0.29, 0.717) is 36.8 Å². The topological polar surface area (TPSA) is 119 Å². The van der Waals surface area contributed by atoms with E-state index in [9.17, 15) is 9.59 Å². The van der Waals surface area contributed by atoms with Crippen molar-refractivity contribution in [2.24, 2.45) is 7.05 Å². The SMILES string of the molecule is CCNC(=O)Oc1cc(CCOc2ccc(NC(=O)Nc3cc(C(C)(C)C)nn3C)c3ccccc23)ccn1. The lowest BCUT2D eigenvalue weighted by molar-refractivity contribution is 0.199. The number of urea groups is 1. The van der Waals surface area contributed by atoms with Crippen molar-refractivity contribution in [1.29, 1.82) is 0 Å². The number of aryl methyl sites for hydroxylation is 1. The van der Waals surface area contributed by atoms with Crippen molar-refractivity contribution in [2.45, 2.75) is 39.5 Å². The van der Waals surface area contributed by atoms with E-state index >= 15 is 0 Å². The molecule has 0 bridgehead atoms. The minimum atomic E-state index is -0.540. The fourth-order valence-corrected chi connectivity index (χ4v) is 3.94. The molecule has 0 saturated carbocycles. The maximum atomic E-state index is 12.8. The Morgan fingerprint density at radius 1 is 1.00 bits per heavy atom. The molecule has 2 heterocycles. The van der Waals surface area contributed by atoms with Gasteiger partial charge < -0.3 is 20.1 Å². The molecule has 0 saturated heterocycles. The van der Waals surface area contributed by atoms with E-state index in [1.807, 2.05) is 55.5 Å². The number of carbonyl (C=O) groups is 2. The standard InChI is InChI=1S/C29H34N6O4/c1-6-30-28(37)39-26-17-19(13-15-31-26)14-16-38-23-12-11-22(20-9-7-8-10-21(20)23)32-27(36)33-25-18-24(29(2,3)4)34-35(25)5/h7-13,15,17-18H,6,14,16H2,1-5H3,(H,30,37)(H2,32,33,36). The Bertz CT molecular complexity index is 1470. The van der Waals surface area contributed by atoms with Crippen LogP contribution in [0.3, 0.4) is 0 Å². The van der Waals surface area contributed by atoms with Gasteiger partial charge in [-0.05, 0) is 30.7 Å². The van der Waals surface area contributed by atoms with Gasteiger partial charge in [0.1, 0.15) is 11.6 Å². The smallest absolute Gasteiger partial charge is 0.413 e. The van der Waals surface area contributed by atoms with Crippen LogP contribution in [0.5, 0.6) is 11.6 Å². The molecule has 39 heavy (non-hydrogen) atoms. The van der Waals surface area contributed by atoms with Gasteiger partial charge in [-0.3, -0.25) is 10.00 Å². The van der Waals surface area contributed by atoms with Gasteiger partial charge in [0.15, 0.2) is 0 Å². The summed E-state index contributed by atoms with van der Waals surface area (Å²) in [6, 6.07) is 16.5. The lowest BCUT2D eigenvalue weighted by Gasteiger charge is -2.14. The van der Waals surface area contributed by atoms with Crippen LogP contribution in [0.4, 0.5) is 21.1 Å². The fourth-order valence-electron chi connectivity index (χ4n) is 3.94. The van der Waals surface area contributed by atoms with Crippen LogP contribution in [0.25, 0.3) is 10.8 Å². The van der Waals surface area contributed by atoms with Crippen LogP contribution in [0.2, 0.25) is 0 Å². The lowest BCUT2D eigenvalue weighted by atomic mass is 9.92. The van der Waals surface area contributed by atoms with E-state index in [1.54, 1.807) is 24.0 Å². The molecule has 0 fully saturated rings. The molecule has 0 radical (unpaired) electrons. The number of carbonyl (C=O) groups excluding carboxylic acids is 2. The summed E-state index contributed by atoms with van der Waals surface area (Å²) in [6.07, 6.45) is 1.65. The summed E-state index contributed by atoms with van der Waals surface area (Å²) >= 11 is 0. The van der Waals surface area contributed by atoms with Gasteiger partial charge in [-0.1, -0.05) is 45.0 Å². The van der Waals surface area contributed by atoms with Crippen LogP contribution in [-0.2, 0) is 18.9 Å². The highest BCUT2D eigenvalue weighted by Gasteiger charge is 2.20. The van der Waals surface area contributed by atoms with Crippen molar-refractivity contribution >= 4 is 34.4 Å². The zero-order valence-corrected chi connectivity index (χ0v) is 22.9. The number of amides is 3. The Balaban J connectivity index is 1.42. The Morgan fingerprint density at radius 3 is 2.49 bits per heavy atom. The molecule has 4 aromatic rings. The van der Waals surface area contributed by atoms with E-state index < -0.39 is 6.09 Å². The molecular weight excluding hydrogens is 496 g/mol. The van der Waals surface area contributed by atoms with Crippen LogP contribution in [0.15, 0.2) is 60.8 Å². The molecule has 204 valence electrons. The Labute approximate surface area is 227 Å². The van der Waals surface area contributed by atoms with Crippen molar-refractivity contribution in [1.82, 2.24) is 20.1 Å². The Kier molecular flexibility index (Phi) is 8.33. The molecule has 4 rings (SSSR count). The average molecular weight is 531 g/mol. The first-order valence-electron chi connectivity index (χ1n) is 12.8. The van der Waals surface area contributed by atoms with E-state index in [1.165, 1.54) is 0 Å². The van der Waals surface area contributed by atoms with Gasteiger partial charge in [0, 0.05) is 54.5 Å². The molecule has 0 aliphatic rings. The second kappa shape index (κ2) is 11.8. The van der Waals surface area contributed by atoms with Gasteiger partial charge in [-0.2, -0.15) is 5.10 Å². The summed E-state index contributed by atoms with van der Waals surface area (Å²) in [6.45, 7) is 8.92. The van der Waals surface area contributed by atoms with Crippen LogP contribution in [0.1, 0.15) is 39.0 Å². The summed E-state index contributed by atoms with van der Waals surface area (Å²) < 4.78 is 12.9. The van der Waals surface area contributed by atoms with E-state index in [2.05, 4.69) is 46.8 Å². The summed E-state index contributed by atoms with van der Waals surface area (Å²) in [4.78, 5) is 28.6. The van der Waals surface area contributed by atoms with E-state index in [-0.39, 0.29) is 17.3 Å². The first-order valence-corrected chi connectivity index (χ1v) is 12.8. The summed E-state index contributed by atoms with van der Waals surface area (Å²) in [5, 5.41) is 14.6. The predicted octanol–water partition coefficient (Wildman–Crippen LogP) is 5.64. The van der Waals surface area contributed by atoms with Gasteiger partial charge in [-0.25, -0.2) is 14.6 Å². The van der Waals surface area contributed by atoms with Gasteiger partial charge >= 0.3 is 12.1 Å². The van der Waals surface area contributed by atoms with Crippen LogP contribution in [-0.4, -0.2) is 40.0 Å². The predicted molar refractivity (Wildman–Crippen MR) is 152 cm³/mol. The van der Waals surface area contributed by atoms with Crippen molar-refractivity contribution in [3.63, 3.8) is 0 Å². The maximum absolute atomic E-state index is 12.8. The molecule has 3 N–H and O–H groups in total. The second-order valence-corrected chi connectivity index (χ2v) is 10.0. The number of anilines is 2. The molecule has 0 atom stereocenters. The van der Waals surface area contributed by atoms with Crippen molar-refractivity contribution in [2.75, 3.05) is 23.8 Å². The summed E-state index contributed by atoms with van der Waals surface area (Å²) in [5.41, 5.74) is 2.35. The van der Waals surface area contributed by atoms with Crippen molar-refractivity contribution < 1.29 is 19.1 Å². The molecular formula is C29H34N6O4. The van der Waals surface area contributed by atoms with Crippen LogP contribution >= 0.6 is 0 Å². The van der Waals surface area contributed by atoms with Crippen LogP contribution < -0.4 is 25.4 Å². The number of fused-ring (bicyclic) bond motifs is 1. The fraction of sp³-hybridized carbons (Fsp3) is 0.310. The highest BCUT2D eigenvalue weighted by molar-refractivity contribution is 6.07. The first kappa shape index (κ1) is 27.4. The van der Waals surface area contributed by atoms with Crippen LogP contribution in [0, 0.1) is 0 Å². The molecule has 0 unspecified atom stereocenters. The van der Waals surface area contributed by atoms with E-state index in [4.69, 9.17) is 9.47 Å². The summed E-state index contributed by atoms with van der Waals surface area (Å²) in [7, 11) is 1.80. The third-order valence-corrected chi connectivity index (χ3v) is 5.99. The Hall–Kier alpha value is -4.60. The number of benzene rings is 2. The monoisotopic (exact) mass is 530 g/mol. The highest BCUT2D eigenvalue weighted by Crippen LogP contribution is 2.32. The normalized spacial score (nSPS) is 11.2. The van der Waals surface area contributed by atoms with Gasteiger partial charge in [0.25, 0.3) is 0 Å². The van der Waals surface area contributed by atoms with Gasteiger partial charge in [-0.15, -0.1) is 0 Å². The van der Waals surface area contributed by atoms with Crippen molar-refractivity contribution in [3.05, 3.63) is 72.1 Å². The molecule has 0 spiro atoms. The third-order valence-electron chi connectivity index (χ3n) is 5.99. The molecule has 10 nitrogen and oxygen atoms in total. The minimum Gasteiger partial charge on any atom is -0.493 e. The quantitative estimate of drug-likeness (QED) is 0.271. The minimum absolute atomic E-state index is 0.126. The molecule has 0 aliphatic heterocycles. The number of hydrogen-bond donors (Lipinski definition) is 3. The molecule has 3 amide bonds. The average Bonchev–Trinajstić information content (AvgIpc) is 3.26. The summed E-state index contributed by atoms with van der Waals surface area (Å²) in [5.74, 6) is 1.54. The Morgan fingerprint density at radius 2 is 1.77 bits per heavy atom. The number of ether oxygens (including phenoxy) is 2. The van der Waals surface area contributed by atoms with Crippen molar-refractivity contribution in [3.8, 4) is 11.6 Å². The zero-order valence-electron chi connectivity index (χ0n) is 22.9. The third kappa shape index (κ3) is 7.04. The highest BCUT2D eigenvalue weighted by atomic mass is 16.6. The number of aromatic nitrogens is 3. The zero-order chi connectivity index (χ0) is 28.0. The molecule has 2 aromatic carbocycles.